The van der Waals surface area contributed by atoms with Gasteiger partial charge in [0.05, 0.1) is 7.11 Å². The molecule has 0 bridgehead atoms. The molecule has 0 saturated carbocycles. The first-order valence-electron chi connectivity index (χ1n) is 8.01. The van der Waals surface area contributed by atoms with E-state index in [4.69, 9.17) is 10.5 Å². The van der Waals surface area contributed by atoms with Crippen LogP contribution in [0.2, 0.25) is 0 Å². The van der Waals surface area contributed by atoms with Crippen LogP contribution in [0.5, 0.6) is 5.88 Å². The van der Waals surface area contributed by atoms with Crippen LogP contribution in [-0.2, 0) is 0 Å². The van der Waals surface area contributed by atoms with E-state index in [9.17, 15) is 0 Å². The Bertz CT molecular complexity index is 413. The van der Waals surface area contributed by atoms with E-state index in [0.717, 1.165) is 32.6 Å². The maximum absolute atomic E-state index is 5.54. The predicted octanol–water partition coefficient (Wildman–Crippen LogP) is 1.73. The second-order valence-electron chi connectivity index (χ2n) is 5.59. The molecule has 1 fully saturated rings. The highest BCUT2D eigenvalue weighted by Crippen LogP contribution is 2.20. The molecular weight excluding hydrogens is 264 g/mol. The molecule has 0 radical (unpaired) electrons. The summed E-state index contributed by atoms with van der Waals surface area (Å²) in [4.78, 5) is 9.19. The van der Waals surface area contributed by atoms with Gasteiger partial charge in [0.1, 0.15) is 0 Å². The topological polar surface area (TPSA) is 54.6 Å². The molecule has 1 saturated heterocycles. The Morgan fingerprint density at radius 3 is 2.90 bits per heavy atom. The lowest BCUT2D eigenvalue weighted by atomic mass is 10.2. The van der Waals surface area contributed by atoms with E-state index in [2.05, 4.69) is 20.9 Å². The van der Waals surface area contributed by atoms with Gasteiger partial charge in [0, 0.05) is 37.6 Å². The third-order valence-electron chi connectivity index (χ3n) is 4.06. The zero-order valence-corrected chi connectivity index (χ0v) is 13.1. The van der Waals surface area contributed by atoms with Crippen LogP contribution in [0.1, 0.15) is 25.7 Å². The summed E-state index contributed by atoms with van der Waals surface area (Å²) >= 11 is 0. The third-order valence-corrected chi connectivity index (χ3v) is 4.06. The average Bonchev–Trinajstić information content (AvgIpc) is 2.77. The van der Waals surface area contributed by atoms with Crippen molar-refractivity contribution in [3.63, 3.8) is 0 Å². The fourth-order valence-electron chi connectivity index (χ4n) is 2.82. The maximum atomic E-state index is 5.54. The Hall–Kier alpha value is -1.33. The van der Waals surface area contributed by atoms with Crippen LogP contribution in [0.15, 0.2) is 18.3 Å². The average molecular weight is 292 g/mol. The minimum atomic E-state index is 0.690. The van der Waals surface area contributed by atoms with Crippen LogP contribution >= 0.6 is 0 Å². The second-order valence-corrected chi connectivity index (χ2v) is 5.59. The zero-order valence-electron chi connectivity index (χ0n) is 13.1. The van der Waals surface area contributed by atoms with Crippen molar-refractivity contribution in [2.24, 2.45) is 5.73 Å². The molecule has 0 spiro atoms. The fraction of sp³-hybridized carbons (Fsp3) is 0.688. The first kappa shape index (κ1) is 16.0. The van der Waals surface area contributed by atoms with Gasteiger partial charge in [-0.15, -0.1) is 0 Å². The molecule has 118 valence electrons. The van der Waals surface area contributed by atoms with Crippen molar-refractivity contribution in [1.82, 2.24) is 9.88 Å². The highest BCUT2D eigenvalue weighted by Gasteiger charge is 2.15. The summed E-state index contributed by atoms with van der Waals surface area (Å²) in [7, 11) is 1.66. The minimum Gasteiger partial charge on any atom is -0.481 e. The Balaban J connectivity index is 1.82. The molecule has 1 aromatic rings. The minimum absolute atomic E-state index is 0.690. The van der Waals surface area contributed by atoms with E-state index in [-0.39, 0.29) is 0 Å². The third kappa shape index (κ3) is 5.17. The Morgan fingerprint density at radius 1 is 1.19 bits per heavy atom. The standard InChI is InChI=1S/C16H28N4O/c1-21-16-14-15(6-8-18-16)20-11-5-10-19(12-13-20)9-4-2-3-7-17/h6,8,14H,2-5,7,9-13,17H2,1H3. The highest BCUT2D eigenvalue weighted by atomic mass is 16.5. The van der Waals surface area contributed by atoms with Gasteiger partial charge in [0.15, 0.2) is 0 Å². The first-order chi connectivity index (χ1) is 10.3. The first-order valence-corrected chi connectivity index (χ1v) is 8.01. The van der Waals surface area contributed by atoms with Crippen molar-refractivity contribution < 1.29 is 4.74 Å². The van der Waals surface area contributed by atoms with Crippen molar-refractivity contribution in [2.75, 3.05) is 51.3 Å². The molecule has 5 heteroatoms. The number of methoxy groups -OCH3 is 1. The number of anilines is 1. The highest BCUT2D eigenvalue weighted by molar-refractivity contribution is 5.48. The number of rotatable bonds is 7. The monoisotopic (exact) mass is 292 g/mol. The molecule has 0 amide bonds. The summed E-state index contributed by atoms with van der Waals surface area (Å²) in [5, 5.41) is 0. The Morgan fingerprint density at radius 2 is 2.10 bits per heavy atom. The van der Waals surface area contributed by atoms with E-state index in [1.807, 2.05) is 12.3 Å². The summed E-state index contributed by atoms with van der Waals surface area (Å²) in [6.45, 7) is 6.52. The SMILES string of the molecule is COc1cc(N2CCCN(CCCCCN)CC2)ccn1. The summed E-state index contributed by atoms with van der Waals surface area (Å²) in [6, 6.07) is 4.09. The van der Waals surface area contributed by atoms with E-state index < -0.39 is 0 Å². The van der Waals surface area contributed by atoms with Gasteiger partial charge in [-0.2, -0.15) is 0 Å². The van der Waals surface area contributed by atoms with Gasteiger partial charge in [-0.25, -0.2) is 4.98 Å². The lowest BCUT2D eigenvalue weighted by molar-refractivity contribution is 0.286. The van der Waals surface area contributed by atoms with E-state index in [1.165, 1.54) is 38.0 Å². The quantitative estimate of drug-likeness (QED) is 0.776. The van der Waals surface area contributed by atoms with Gasteiger partial charge in [0.25, 0.3) is 0 Å². The molecule has 1 aliphatic rings. The molecule has 1 aromatic heterocycles. The number of aromatic nitrogens is 1. The van der Waals surface area contributed by atoms with Crippen LogP contribution in [0, 0.1) is 0 Å². The van der Waals surface area contributed by atoms with Crippen molar-refractivity contribution >= 4 is 5.69 Å². The molecule has 5 nitrogen and oxygen atoms in total. The van der Waals surface area contributed by atoms with Gasteiger partial charge in [-0.05, 0) is 45.0 Å². The van der Waals surface area contributed by atoms with Crippen LogP contribution in [0.3, 0.4) is 0 Å². The zero-order chi connectivity index (χ0) is 14.9. The molecule has 0 atom stereocenters. The fourth-order valence-corrected chi connectivity index (χ4v) is 2.82. The molecule has 1 aliphatic heterocycles. The molecule has 0 aromatic carbocycles. The van der Waals surface area contributed by atoms with Crippen LogP contribution in [0.25, 0.3) is 0 Å². The normalized spacial score (nSPS) is 16.8. The molecular formula is C16H28N4O. The van der Waals surface area contributed by atoms with E-state index in [1.54, 1.807) is 7.11 Å². The number of unbranched alkanes of at least 4 members (excludes halogenated alkanes) is 2. The largest absolute Gasteiger partial charge is 0.481 e. The van der Waals surface area contributed by atoms with Gasteiger partial charge in [0.2, 0.25) is 5.88 Å². The Labute approximate surface area is 128 Å². The molecule has 0 aliphatic carbocycles. The lowest BCUT2D eigenvalue weighted by Gasteiger charge is -2.23. The molecule has 21 heavy (non-hydrogen) atoms. The van der Waals surface area contributed by atoms with Gasteiger partial charge < -0.3 is 20.3 Å². The van der Waals surface area contributed by atoms with Gasteiger partial charge in [-0.1, -0.05) is 6.42 Å². The number of hydrogen-bond donors (Lipinski definition) is 1. The summed E-state index contributed by atoms with van der Waals surface area (Å²) in [5.74, 6) is 0.690. The van der Waals surface area contributed by atoms with Crippen LogP contribution < -0.4 is 15.4 Å². The molecule has 2 N–H and O–H groups in total. The smallest absolute Gasteiger partial charge is 0.214 e. The number of hydrogen-bond acceptors (Lipinski definition) is 5. The number of pyridine rings is 1. The van der Waals surface area contributed by atoms with Gasteiger partial charge in [-0.3, -0.25) is 0 Å². The van der Waals surface area contributed by atoms with Crippen LogP contribution in [0.4, 0.5) is 5.69 Å². The summed E-state index contributed by atoms with van der Waals surface area (Å²) in [6.07, 6.45) is 6.69. The van der Waals surface area contributed by atoms with E-state index >= 15 is 0 Å². The molecule has 2 rings (SSSR count). The summed E-state index contributed by atoms with van der Waals surface area (Å²) in [5.41, 5.74) is 6.76. The van der Waals surface area contributed by atoms with Crippen molar-refractivity contribution in [3.05, 3.63) is 18.3 Å². The van der Waals surface area contributed by atoms with E-state index in [0.29, 0.717) is 5.88 Å². The van der Waals surface area contributed by atoms with Crippen molar-refractivity contribution in [1.29, 1.82) is 0 Å². The molecule has 2 heterocycles. The van der Waals surface area contributed by atoms with Crippen LogP contribution in [-0.4, -0.2) is 56.3 Å². The predicted molar refractivity (Wildman–Crippen MR) is 87.0 cm³/mol. The Kier molecular flexibility index (Phi) is 6.76. The van der Waals surface area contributed by atoms with Gasteiger partial charge >= 0.3 is 0 Å². The van der Waals surface area contributed by atoms with Crippen molar-refractivity contribution in [3.8, 4) is 5.88 Å². The number of ether oxygens (including phenoxy) is 1. The lowest BCUT2D eigenvalue weighted by Crippen LogP contribution is -2.31. The molecule has 0 unspecified atom stereocenters. The number of nitrogens with zero attached hydrogens (tertiary/aromatic N) is 3. The summed E-state index contributed by atoms with van der Waals surface area (Å²) < 4.78 is 5.22. The maximum Gasteiger partial charge on any atom is 0.214 e. The number of nitrogens with two attached hydrogens (primary N) is 1. The van der Waals surface area contributed by atoms with Crippen molar-refractivity contribution in [2.45, 2.75) is 25.7 Å². The second kappa shape index (κ2) is 8.85.